The summed E-state index contributed by atoms with van der Waals surface area (Å²) in [4.78, 5) is 29.2. The number of carbonyl (C=O) groups is 2. The normalized spacial score (nSPS) is 21.0. The van der Waals surface area contributed by atoms with Crippen LogP contribution in [0.5, 0.6) is 5.75 Å². The first-order valence-corrected chi connectivity index (χ1v) is 15.3. The molecule has 3 heteroatoms. The van der Waals surface area contributed by atoms with Crippen LogP contribution in [0.1, 0.15) is 52.0 Å². The van der Waals surface area contributed by atoms with Crippen molar-refractivity contribution in [1.82, 2.24) is 0 Å². The van der Waals surface area contributed by atoms with Gasteiger partial charge in [0.05, 0.1) is 12.5 Å². The highest BCUT2D eigenvalue weighted by atomic mass is 16.5. The van der Waals surface area contributed by atoms with E-state index in [0.29, 0.717) is 6.42 Å². The van der Waals surface area contributed by atoms with Crippen molar-refractivity contribution >= 4 is 11.6 Å². The molecule has 1 fully saturated rings. The van der Waals surface area contributed by atoms with E-state index in [1.807, 2.05) is 84.9 Å². The van der Waals surface area contributed by atoms with Gasteiger partial charge in [0.15, 0.2) is 0 Å². The fourth-order valence-corrected chi connectivity index (χ4v) is 7.75. The van der Waals surface area contributed by atoms with Gasteiger partial charge in [-0.05, 0) is 46.4 Å². The standard InChI is InChI=1S/C41H34O3/c1-44-33-24-22-28(23-25-33)36-26-34-35(37(29-14-6-2-7-15-29)30-16-8-3-9-17-30)27-41(36,40(43)39(34)42)38(31-18-10-4-11-19-31)32-20-12-5-13-21-32/h2-25,27,34,36-38H,26H2,1H3/t34?,36-,41+/m0/s1. The molecule has 0 spiro atoms. The Hall–Kier alpha value is -5.02. The van der Waals surface area contributed by atoms with Gasteiger partial charge in [0.25, 0.3) is 0 Å². The van der Waals surface area contributed by atoms with E-state index in [2.05, 4.69) is 66.7 Å². The second-order valence-corrected chi connectivity index (χ2v) is 11.9. The van der Waals surface area contributed by atoms with Crippen LogP contribution in [0.25, 0.3) is 0 Å². The van der Waals surface area contributed by atoms with Gasteiger partial charge in [-0.25, -0.2) is 0 Å². The minimum absolute atomic E-state index is 0.150. The highest BCUT2D eigenvalue weighted by molar-refractivity contribution is 6.43. The lowest BCUT2D eigenvalue weighted by Crippen LogP contribution is -2.56. The smallest absolute Gasteiger partial charge is 0.210 e. The summed E-state index contributed by atoms with van der Waals surface area (Å²) in [6.45, 7) is 0. The average molecular weight is 575 g/mol. The van der Waals surface area contributed by atoms with Gasteiger partial charge >= 0.3 is 0 Å². The molecular formula is C41H34O3. The minimum Gasteiger partial charge on any atom is -0.497 e. The quantitative estimate of drug-likeness (QED) is 0.138. The average Bonchev–Trinajstić information content (AvgIpc) is 3.09. The molecule has 0 aliphatic heterocycles. The number of methoxy groups -OCH3 is 1. The van der Waals surface area contributed by atoms with E-state index < -0.39 is 11.3 Å². The summed E-state index contributed by atoms with van der Waals surface area (Å²) in [7, 11) is 1.66. The van der Waals surface area contributed by atoms with Gasteiger partial charge in [-0.1, -0.05) is 145 Å². The number of fused-ring (bicyclic) bond motifs is 2. The number of carbonyl (C=O) groups excluding carboxylic acids is 2. The number of ketones is 2. The first-order chi connectivity index (χ1) is 21.6. The summed E-state index contributed by atoms with van der Waals surface area (Å²) in [6, 6.07) is 49.2. The summed E-state index contributed by atoms with van der Waals surface area (Å²) in [6.07, 6.45) is 2.80. The van der Waals surface area contributed by atoms with Crippen LogP contribution in [0.3, 0.4) is 0 Å². The largest absolute Gasteiger partial charge is 0.497 e. The van der Waals surface area contributed by atoms with Crippen molar-refractivity contribution < 1.29 is 14.3 Å². The Morgan fingerprint density at radius 2 is 1.07 bits per heavy atom. The number of hydrogen-bond acceptors (Lipinski definition) is 3. The van der Waals surface area contributed by atoms with Crippen molar-refractivity contribution in [2.24, 2.45) is 11.3 Å². The number of allylic oxidation sites excluding steroid dienone is 2. The number of rotatable bonds is 8. The second kappa shape index (κ2) is 11.6. The fraction of sp³-hybridized carbons (Fsp3) is 0.171. The number of hydrogen-bond donors (Lipinski definition) is 0. The topological polar surface area (TPSA) is 43.4 Å². The molecule has 1 saturated carbocycles. The highest BCUT2D eigenvalue weighted by Gasteiger charge is 2.62. The van der Waals surface area contributed by atoms with Crippen LogP contribution >= 0.6 is 0 Å². The number of ether oxygens (including phenoxy) is 1. The maximum absolute atomic E-state index is 14.8. The first-order valence-electron chi connectivity index (χ1n) is 15.3. The van der Waals surface area contributed by atoms with Gasteiger partial charge in [0.2, 0.25) is 11.6 Å². The Kier molecular flexibility index (Phi) is 7.31. The van der Waals surface area contributed by atoms with Crippen molar-refractivity contribution in [3.63, 3.8) is 0 Å². The monoisotopic (exact) mass is 574 g/mol. The Bertz CT molecular complexity index is 1720. The van der Waals surface area contributed by atoms with Gasteiger partial charge < -0.3 is 4.74 Å². The predicted octanol–water partition coefficient (Wildman–Crippen LogP) is 8.53. The lowest BCUT2D eigenvalue weighted by molar-refractivity contribution is -0.149. The van der Waals surface area contributed by atoms with Crippen molar-refractivity contribution in [3.05, 3.63) is 185 Å². The molecule has 5 aromatic rings. The molecule has 5 aromatic carbocycles. The molecule has 3 atom stereocenters. The van der Waals surface area contributed by atoms with Crippen LogP contribution in [0, 0.1) is 11.3 Å². The highest BCUT2D eigenvalue weighted by Crippen LogP contribution is 2.63. The summed E-state index contributed by atoms with van der Waals surface area (Å²) < 4.78 is 5.48. The van der Waals surface area contributed by atoms with E-state index in [9.17, 15) is 9.59 Å². The van der Waals surface area contributed by atoms with Crippen LogP contribution in [0.15, 0.2) is 157 Å². The van der Waals surface area contributed by atoms with E-state index in [0.717, 1.165) is 39.1 Å². The van der Waals surface area contributed by atoms with Crippen molar-refractivity contribution in [2.45, 2.75) is 24.2 Å². The third-order valence-electron chi connectivity index (χ3n) is 9.65. The molecule has 3 nitrogen and oxygen atoms in total. The van der Waals surface area contributed by atoms with Gasteiger partial charge in [-0.3, -0.25) is 9.59 Å². The second-order valence-electron chi connectivity index (χ2n) is 11.9. The maximum atomic E-state index is 14.8. The van der Waals surface area contributed by atoms with Crippen LogP contribution in [0.4, 0.5) is 0 Å². The molecule has 216 valence electrons. The molecule has 8 rings (SSSR count). The van der Waals surface area contributed by atoms with Crippen molar-refractivity contribution in [3.8, 4) is 5.75 Å². The maximum Gasteiger partial charge on any atom is 0.210 e. The molecular weight excluding hydrogens is 540 g/mol. The Balaban J connectivity index is 1.54. The van der Waals surface area contributed by atoms with E-state index in [-0.39, 0.29) is 29.3 Å². The van der Waals surface area contributed by atoms with Crippen LogP contribution in [0.2, 0.25) is 0 Å². The zero-order valence-corrected chi connectivity index (χ0v) is 24.7. The molecule has 2 bridgehead atoms. The lowest BCUT2D eigenvalue weighted by atomic mass is 9.46. The molecule has 44 heavy (non-hydrogen) atoms. The van der Waals surface area contributed by atoms with E-state index in [1.54, 1.807) is 7.11 Å². The number of Topliss-reactive ketones (excluding diaryl/α,β-unsaturated/α-hetero) is 2. The molecule has 0 amide bonds. The molecule has 3 aliphatic carbocycles. The number of benzene rings is 5. The Morgan fingerprint density at radius 3 is 1.52 bits per heavy atom. The summed E-state index contributed by atoms with van der Waals surface area (Å²) in [5.41, 5.74) is 5.21. The van der Waals surface area contributed by atoms with Crippen LogP contribution in [-0.2, 0) is 9.59 Å². The zero-order chi connectivity index (χ0) is 30.1. The fourth-order valence-electron chi connectivity index (χ4n) is 7.75. The molecule has 0 aromatic heterocycles. The van der Waals surface area contributed by atoms with Crippen molar-refractivity contribution in [1.29, 1.82) is 0 Å². The van der Waals surface area contributed by atoms with Gasteiger partial charge in [0, 0.05) is 23.7 Å². The SMILES string of the molecule is COc1ccc([C@@H]2CC3C(=O)C(=O)[C@]2(C(c2ccccc2)c2ccccc2)C=C3C(c2ccccc2)c2ccccc2)cc1. The summed E-state index contributed by atoms with van der Waals surface area (Å²) >= 11 is 0. The molecule has 1 unspecified atom stereocenters. The van der Waals surface area contributed by atoms with Gasteiger partial charge in [-0.2, -0.15) is 0 Å². The van der Waals surface area contributed by atoms with E-state index in [1.165, 1.54) is 0 Å². The molecule has 3 aliphatic rings. The minimum atomic E-state index is -1.12. The van der Waals surface area contributed by atoms with Gasteiger partial charge in [-0.15, -0.1) is 0 Å². The molecule has 0 heterocycles. The lowest BCUT2D eigenvalue weighted by Gasteiger charge is -2.53. The summed E-state index contributed by atoms with van der Waals surface area (Å²) in [5.74, 6) is -1.03. The zero-order valence-electron chi connectivity index (χ0n) is 24.7. The summed E-state index contributed by atoms with van der Waals surface area (Å²) in [5, 5.41) is 0. The van der Waals surface area contributed by atoms with Crippen molar-refractivity contribution in [2.75, 3.05) is 7.11 Å². The third kappa shape index (κ3) is 4.60. The Labute approximate surface area is 258 Å². The molecule has 0 saturated heterocycles. The molecule has 0 N–H and O–H groups in total. The van der Waals surface area contributed by atoms with Crippen LogP contribution < -0.4 is 4.74 Å². The van der Waals surface area contributed by atoms with E-state index in [4.69, 9.17) is 4.74 Å². The predicted molar refractivity (Wildman–Crippen MR) is 174 cm³/mol. The van der Waals surface area contributed by atoms with Crippen LogP contribution in [-0.4, -0.2) is 18.7 Å². The molecule has 0 radical (unpaired) electrons. The Morgan fingerprint density at radius 1 is 0.614 bits per heavy atom. The van der Waals surface area contributed by atoms with E-state index >= 15 is 0 Å². The third-order valence-corrected chi connectivity index (χ3v) is 9.65. The van der Waals surface area contributed by atoms with Gasteiger partial charge in [0.1, 0.15) is 5.75 Å². The first kappa shape index (κ1) is 27.8.